The lowest BCUT2D eigenvalue weighted by Gasteiger charge is -2.34. The van der Waals surface area contributed by atoms with Gasteiger partial charge in [0, 0.05) is 45.5 Å². The van der Waals surface area contributed by atoms with Gasteiger partial charge in [-0.15, -0.1) is 0 Å². The van der Waals surface area contributed by atoms with Crippen molar-refractivity contribution in [2.75, 3.05) is 38.1 Å². The first kappa shape index (κ1) is 20.3. The molecular weight excluding hydrogens is 372 g/mol. The lowest BCUT2D eigenvalue weighted by atomic mass is 10.1. The Bertz CT molecular complexity index is 907. The summed E-state index contributed by atoms with van der Waals surface area (Å²) in [4.78, 5) is 44.3. The van der Waals surface area contributed by atoms with Gasteiger partial charge in [-0.05, 0) is 25.1 Å². The minimum Gasteiger partial charge on any atom is -0.492 e. The molecule has 1 aromatic heterocycles. The summed E-state index contributed by atoms with van der Waals surface area (Å²) in [6.45, 7) is 5.79. The van der Waals surface area contributed by atoms with Crippen molar-refractivity contribution < 1.29 is 19.1 Å². The number of pyridine rings is 1. The van der Waals surface area contributed by atoms with Gasteiger partial charge in [0.2, 0.25) is 5.91 Å². The van der Waals surface area contributed by atoms with Gasteiger partial charge >= 0.3 is 0 Å². The maximum Gasteiger partial charge on any atom is 0.257 e. The number of nitrogens with one attached hydrogen (secondary N) is 1. The summed E-state index contributed by atoms with van der Waals surface area (Å²) in [7, 11) is 0. The monoisotopic (exact) mass is 396 g/mol. The van der Waals surface area contributed by atoms with Crippen LogP contribution in [0.5, 0.6) is 5.75 Å². The Kier molecular flexibility index (Phi) is 6.43. The number of amides is 3. The average Bonchev–Trinajstić information content (AvgIpc) is 2.75. The maximum absolute atomic E-state index is 12.8. The van der Waals surface area contributed by atoms with Gasteiger partial charge in [-0.25, -0.2) is 0 Å². The maximum atomic E-state index is 12.8. The van der Waals surface area contributed by atoms with Crippen LogP contribution in [0.1, 0.15) is 34.6 Å². The topological polar surface area (TPSA) is 91.8 Å². The summed E-state index contributed by atoms with van der Waals surface area (Å²) < 4.78 is 5.52. The lowest BCUT2D eigenvalue weighted by molar-refractivity contribution is -0.130. The molecule has 1 saturated heterocycles. The summed E-state index contributed by atoms with van der Waals surface area (Å²) in [6.07, 6.45) is 2.87. The fourth-order valence-corrected chi connectivity index (χ4v) is 3.13. The normalized spacial score (nSPS) is 13.7. The molecule has 0 unspecified atom stereocenters. The number of anilines is 1. The van der Waals surface area contributed by atoms with Crippen LogP contribution < -0.4 is 10.1 Å². The molecule has 0 saturated carbocycles. The quantitative estimate of drug-likeness (QED) is 0.835. The largest absolute Gasteiger partial charge is 0.492 e. The predicted octanol–water partition coefficient (Wildman–Crippen LogP) is 2.04. The van der Waals surface area contributed by atoms with E-state index in [1.807, 2.05) is 13.0 Å². The third-order valence-electron chi connectivity index (χ3n) is 4.69. The van der Waals surface area contributed by atoms with Gasteiger partial charge in [0.05, 0.1) is 23.4 Å². The van der Waals surface area contributed by atoms with Crippen molar-refractivity contribution in [2.24, 2.45) is 0 Å². The van der Waals surface area contributed by atoms with Gasteiger partial charge in [-0.3, -0.25) is 19.4 Å². The minimum atomic E-state index is -0.374. The predicted molar refractivity (Wildman–Crippen MR) is 108 cm³/mol. The molecule has 0 atom stereocenters. The van der Waals surface area contributed by atoms with E-state index in [4.69, 9.17) is 4.74 Å². The van der Waals surface area contributed by atoms with E-state index in [1.54, 1.807) is 28.0 Å². The van der Waals surface area contributed by atoms with Crippen LogP contribution in [0.25, 0.3) is 0 Å². The van der Waals surface area contributed by atoms with E-state index in [9.17, 15) is 14.4 Å². The Morgan fingerprint density at radius 1 is 1.03 bits per heavy atom. The highest BCUT2D eigenvalue weighted by Gasteiger charge is 2.24. The minimum absolute atomic E-state index is 0.00441. The highest BCUT2D eigenvalue weighted by Crippen LogP contribution is 2.24. The molecule has 0 radical (unpaired) electrons. The Morgan fingerprint density at radius 3 is 2.38 bits per heavy atom. The third-order valence-corrected chi connectivity index (χ3v) is 4.69. The zero-order valence-corrected chi connectivity index (χ0v) is 16.6. The molecule has 1 N–H and O–H groups in total. The molecule has 1 aromatic carbocycles. The van der Waals surface area contributed by atoms with E-state index in [0.717, 1.165) is 0 Å². The molecule has 8 heteroatoms. The van der Waals surface area contributed by atoms with E-state index in [-0.39, 0.29) is 23.3 Å². The number of carbonyl (C=O) groups excluding carboxylic acids is 3. The SMILES string of the molecule is CCOc1ccccc1NC(=O)c1cncc(C(=O)N2CCN(C(C)=O)CC2)c1. The molecule has 2 aromatic rings. The van der Waals surface area contributed by atoms with Crippen molar-refractivity contribution >= 4 is 23.4 Å². The van der Waals surface area contributed by atoms with E-state index in [0.29, 0.717) is 49.8 Å². The Labute approximate surface area is 169 Å². The molecule has 3 rings (SSSR count). The number of para-hydroxylation sites is 2. The van der Waals surface area contributed by atoms with Crippen molar-refractivity contribution in [2.45, 2.75) is 13.8 Å². The Hall–Kier alpha value is -3.42. The zero-order chi connectivity index (χ0) is 20.8. The van der Waals surface area contributed by atoms with Gasteiger partial charge < -0.3 is 19.9 Å². The van der Waals surface area contributed by atoms with Crippen LogP contribution in [-0.2, 0) is 4.79 Å². The van der Waals surface area contributed by atoms with Crippen molar-refractivity contribution in [1.29, 1.82) is 0 Å². The second kappa shape index (κ2) is 9.18. The first-order chi connectivity index (χ1) is 14.0. The molecule has 1 aliphatic rings. The molecule has 0 spiro atoms. The number of aromatic nitrogens is 1. The summed E-state index contributed by atoms with van der Waals surface area (Å²) in [5.41, 5.74) is 1.17. The van der Waals surface area contributed by atoms with E-state index < -0.39 is 0 Å². The lowest BCUT2D eigenvalue weighted by Crippen LogP contribution is -2.50. The highest BCUT2D eigenvalue weighted by atomic mass is 16.5. The number of ether oxygens (including phenoxy) is 1. The average molecular weight is 396 g/mol. The van der Waals surface area contributed by atoms with Crippen molar-refractivity contribution in [3.63, 3.8) is 0 Å². The van der Waals surface area contributed by atoms with Crippen LogP contribution in [0.3, 0.4) is 0 Å². The van der Waals surface area contributed by atoms with Crippen LogP contribution in [0.2, 0.25) is 0 Å². The number of carbonyl (C=O) groups is 3. The standard InChI is InChI=1S/C21H24N4O4/c1-3-29-19-7-5-4-6-18(19)23-20(27)16-12-17(14-22-13-16)21(28)25-10-8-24(9-11-25)15(2)26/h4-7,12-14H,3,8-11H2,1-2H3,(H,23,27). The van der Waals surface area contributed by atoms with Crippen LogP contribution in [-0.4, -0.2) is 65.3 Å². The van der Waals surface area contributed by atoms with Gasteiger partial charge in [0.25, 0.3) is 11.8 Å². The fraction of sp³-hybridized carbons (Fsp3) is 0.333. The molecule has 2 heterocycles. The van der Waals surface area contributed by atoms with E-state index in [1.165, 1.54) is 25.4 Å². The zero-order valence-electron chi connectivity index (χ0n) is 16.6. The molecule has 1 fully saturated rings. The first-order valence-electron chi connectivity index (χ1n) is 9.52. The van der Waals surface area contributed by atoms with Crippen LogP contribution in [0, 0.1) is 0 Å². The van der Waals surface area contributed by atoms with Crippen LogP contribution in [0.4, 0.5) is 5.69 Å². The van der Waals surface area contributed by atoms with Gasteiger partial charge in [0.15, 0.2) is 0 Å². The summed E-state index contributed by atoms with van der Waals surface area (Å²) in [5, 5.41) is 2.80. The third kappa shape index (κ3) is 4.90. The molecule has 8 nitrogen and oxygen atoms in total. The molecular formula is C21H24N4O4. The van der Waals surface area contributed by atoms with Crippen LogP contribution in [0.15, 0.2) is 42.7 Å². The first-order valence-corrected chi connectivity index (χ1v) is 9.52. The van der Waals surface area contributed by atoms with Crippen LogP contribution >= 0.6 is 0 Å². The number of hydrogen-bond donors (Lipinski definition) is 1. The highest BCUT2D eigenvalue weighted by molar-refractivity contribution is 6.06. The summed E-state index contributed by atoms with van der Waals surface area (Å²) in [5.74, 6) is 0.00224. The molecule has 1 aliphatic heterocycles. The number of hydrogen-bond acceptors (Lipinski definition) is 5. The van der Waals surface area contributed by atoms with Crippen molar-refractivity contribution in [1.82, 2.24) is 14.8 Å². The summed E-state index contributed by atoms with van der Waals surface area (Å²) >= 11 is 0. The van der Waals surface area contributed by atoms with E-state index >= 15 is 0 Å². The molecule has 0 bridgehead atoms. The number of piperazine rings is 1. The van der Waals surface area contributed by atoms with Crippen molar-refractivity contribution in [3.8, 4) is 5.75 Å². The number of benzene rings is 1. The van der Waals surface area contributed by atoms with Gasteiger partial charge in [0.1, 0.15) is 5.75 Å². The fourth-order valence-electron chi connectivity index (χ4n) is 3.13. The Morgan fingerprint density at radius 2 is 1.69 bits per heavy atom. The molecule has 29 heavy (non-hydrogen) atoms. The molecule has 0 aliphatic carbocycles. The second-order valence-corrected chi connectivity index (χ2v) is 6.64. The second-order valence-electron chi connectivity index (χ2n) is 6.64. The van der Waals surface area contributed by atoms with Gasteiger partial charge in [-0.1, -0.05) is 12.1 Å². The molecule has 152 valence electrons. The van der Waals surface area contributed by atoms with Crippen molar-refractivity contribution in [3.05, 3.63) is 53.9 Å². The number of rotatable bonds is 5. The van der Waals surface area contributed by atoms with E-state index in [2.05, 4.69) is 10.3 Å². The Balaban J connectivity index is 1.70. The summed E-state index contributed by atoms with van der Waals surface area (Å²) in [6, 6.07) is 8.69. The molecule has 3 amide bonds. The van der Waals surface area contributed by atoms with Gasteiger partial charge in [-0.2, -0.15) is 0 Å². The smallest absolute Gasteiger partial charge is 0.257 e. The number of nitrogens with zero attached hydrogens (tertiary/aromatic N) is 3.